The van der Waals surface area contributed by atoms with Crippen LogP contribution in [0.4, 0.5) is 4.79 Å². The summed E-state index contributed by atoms with van der Waals surface area (Å²) < 4.78 is 5.13. The van der Waals surface area contributed by atoms with E-state index in [2.05, 4.69) is 10.6 Å². The molecule has 0 spiro atoms. The van der Waals surface area contributed by atoms with Crippen molar-refractivity contribution in [3.8, 4) is 0 Å². The summed E-state index contributed by atoms with van der Waals surface area (Å²) in [5.41, 5.74) is -0.466. The molecule has 1 heterocycles. The lowest BCUT2D eigenvalue weighted by atomic mass is 10.2. The molecule has 3 N–H and O–H groups in total. The average Bonchev–Trinajstić information content (AvgIpc) is 2.48. The topological polar surface area (TPSA) is 70.6 Å². The molecule has 5 nitrogen and oxygen atoms in total. The summed E-state index contributed by atoms with van der Waals surface area (Å²) in [6, 6.07) is 0.141. The van der Waals surface area contributed by atoms with Crippen LogP contribution >= 0.6 is 0 Å². The fourth-order valence-corrected chi connectivity index (χ4v) is 1.54. The van der Waals surface area contributed by atoms with Crippen LogP contribution in [0.2, 0.25) is 0 Å². The van der Waals surface area contributed by atoms with Crippen LogP contribution in [0.5, 0.6) is 0 Å². The van der Waals surface area contributed by atoms with E-state index in [1.807, 2.05) is 20.8 Å². The zero-order valence-electron chi connectivity index (χ0n) is 9.54. The first-order valence-corrected chi connectivity index (χ1v) is 5.24. The van der Waals surface area contributed by atoms with Crippen LogP contribution in [0.15, 0.2) is 0 Å². The molecule has 88 valence electrons. The SMILES string of the molecule is CC(C)(C)OC(=O)N[C@@H]1CN[C@H](CO)C1. The molecule has 0 bridgehead atoms. The van der Waals surface area contributed by atoms with Gasteiger partial charge in [0.1, 0.15) is 5.60 Å². The Hall–Kier alpha value is -0.810. The lowest BCUT2D eigenvalue weighted by molar-refractivity contribution is 0.0507. The number of ether oxygens (including phenoxy) is 1. The van der Waals surface area contributed by atoms with Crippen LogP contribution < -0.4 is 10.6 Å². The van der Waals surface area contributed by atoms with Crippen molar-refractivity contribution in [1.29, 1.82) is 0 Å². The molecule has 1 fully saturated rings. The number of carbonyl (C=O) groups excluding carboxylic acids is 1. The van der Waals surface area contributed by atoms with E-state index in [-0.39, 0.29) is 18.7 Å². The number of aliphatic hydroxyl groups excluding tert-OH is 1. The second-order valence-corrected chi connectivity index (χ2v) is 4.87. The van der Waals surface area contributed by atoms with Crippen LogP contribution in [0.25, 0.3) is 0 Å². The van der Waals surface area contributed by atoms with Crippen LogP contribution in [0.3, 0.4) is 0 Å². The molecule has 0 radical (unpaired) electrons. The van der Waals surface area contributed by atoms with Crippen LogP contribution in [0.1, 0.15) is 27.2 Å². The van der Waals surface area contributed by atoms with Gasteiger partial charge in [0.05, 0.1) is 6.61 Å². The smallest absolute Gasteiger partial charge is 0.407 e. The van der Waals surface area contributed by atoms with Gasteiger partial charge >= 0.3 is 6.09 Å². The lowest BCUT2D eigenvalue weighted by Crippen LogP contribution is -2.40. The largest absolute Gasteiger partial charge is 0.444 e. The maximum Gasteiger partial charge on any atom is 0.407 e. The second kappa shape index (κ2) is 4.81. The Kier molecular flexibility index (Phi) is 3.93. The predicted octanol–water partition coefficient (Wildman–Crippen LogP) is 0.234. The van der Waals surface area contributed by atoms with Gasteiger partial charge in [-0.25, -0.2) is 4.79 Å². The minimum absolute atomic E-state index is 0.0528. The number of rotatable bonds is 2. The highest BCUT2D eigenvalue weighted by Crippen LogP contribution is 2.09. The molecule has 1 aliphatic rings. The van der Waals surface area contributed by atoms with Crippen LogP contribution in [-0.4, -0.2) is 42.0 Å². The van der Waals surface area contributed by atoms with Gasteiger partial charge in [0.25, 0.3) is 0 Å². The molecule has 0 aromatic heterocycles. The van der Waals surface area contributed by atoms with Crippen molar-refractivity contribution < 1.29 is 14.6 Å². The third-order valence-electron chi connectivity index (χ3n) is 2.16. The van der Waals surface area contributed by atoms with Crippen LogP contribution in [-0.2, 0) is 4.74 Å². The van der Waals surface area contributed by atoms with Gasteiger partial charge in [-0.05, 0) is 27.2 Å². The first-order valence-electron chi connectivity index (χ1n) is 5.24. The van der Waals surface area contributed by atoms with E-state index < -0.39 is 11.7 Å². The van der Waals surface area contributed by atoms with E-state index in [1.54, 1.807) is 0 Å². The number of alkyl carbamates (subject to hydrolysis) is 1. The van der Waals surface area contributed by atoms with Gasteiger partial charge in [-0.2, -0.15) is 0 Å². The molecule has 2 atom stereocenters. The van der Waals surface area contributed by atoms with Gasteiger partial charge in [0.15, 0.2) is 0 Å². The van der Waals surface area contributed by atoms with Crippen LogP contribution in [0, 0.1) is 0 Å². The first kappa shape index (κ1) is 12.3. The molecular formula is C10H20N2O3. The fourth-order valence-electron chi connectivity index (χ4n) is 1.54. The third kappa shape index (κ3) is 4.48. The summed E-state index contributed by atoms with van der Waals surface area (Å²) >= 11 is 0. The van der Waals surface area contributed by atoms with Crippen molar-refractivity contribution in [2.24, 2.45) is 0 Å². The lowest BCUT2D eigenvalue weighted by Gasteiger charge is -2.21. The minimum atomic E-state index is -0.466. The molecule has 15 heavy (non-hydrogen) atoms. The summed E-state index contributed by atoms with van der Waals surface area (Å²) in [6.07, 6.45) is 0.350. The number of nitrogens with one attached hydrogen (secondary N) is 2. The Balaban J connectivity index is 2.28. The molecule has 0 saturated carbocycles. The van der Waals surface area contributed by atoms with Crippen molar-refractivity contribution in [2.45, 2.75) is 44.9 Å². The Morgan fingerprint density at radius 2 is 2.27 bits per heavy atom. The molecule has 1 aliphatic heterocycles. The van der Waals surface area contributed by atoms with E-state index in [4.69, 9.17) is 9.84 Å². The minimum Gasteiger partial charge on any atom is -0.444 e. The van der Waals surface area contributed by atoms with Crippen molar-refractivity contribution in [3.05, 3.63) is 0 Å². The van der Waals surface area contributed by atoms with E-state index in [0.717, 1.165) is 6.42 Å². The number of hydrogen-bond donors (Lipinski definition) is 3. The highest BCUT2D eigenvalue weighted by atomic mass is 16.6. The first-order chi connectivity index (χ1) is 6.90. The molecular weight excluding hydrogens is 196 g/mol. The fraction of sp³-hybridized carbons (Fsp3) is 0.900. The zero-order chi connectivity index (χ0) is 11.5. The molecule has 0 aliphatic carbocycles. The van der Waals surface area contributed by atoms with E-state index in [9.17, 15) is 4.79 Å². The maximum absolute atomic E-state index is 11.4. The van der Waals surface area contributed by atoms with E-state index >= 15 is 0 Å². The molecule has 5 heteroatoms. The van der Waals surface area contributed by atoms with Crippen molar-refractivity contribution in [1.82, 2.24) is 10.6 Å². The number of carbonyl (C=O) groups is 1. The summed E-state index contributed by atoms with van der Waals surface area (Å²) in [4.78, 5) is 11.4. The number of hydrogen-bond acceptors (Lipinski definition) is 4. The molecule has 1 saturated heterocycles. The zero-order valence-corrected chi connectivity index (χ0v) is 9.54. The Labute approximate surface area is 90.2 Å². The monoisotopic (exact) mass is 216 g/mol. The van der Waals surface area contributed by atoms with Gasteiger partial charge in [-0.1, -0.05) is 0 Å². The van der Waals surface area contributed by atoms with Gasteiger partial charge in [-0.3, -0.25) is 0 Å². The van der Waals surface area contributed by atoms with Gasteiger partial charge < -0.3 is 20.5 Å². The van der Waals surface area contributed by atoms with Gasteiger partial charge in [0, 0.05) is 18.6 Å². The highest BCUT2D eigenvalue weighted by molar-refractivity contribution is 5.68. The van der Waals surface area contributed by atoms with E-state index in [0.29, 0.717) is 6.54 Å². The molecule has 0 aromatic rings. The van der Waals surface area contributed by atoms with Crippen molar-refractivity contribution >= 4 is 6.09 Å². The summed E-state index contributed by atoms with van der Waals surface area (Å²) in [5, 5.41) is 14.8. The van der Waals surface area contributed by atoms with Gasteiger partial charge in [-0.15, -0.1) is 0 Å². The third-order valence-corrected chi connectivity index (χ3v) is 2.16. The normalized spacial score (nSPS) is 26.4. The maximum atomic E-state index is 11.4. The molecule has 0 unspecified atom stereocenters. The van der Waals surface area contributed by atoms with Crippen molar-refractivity contribution in [2.75, 3.05) is 13.2 Å². The molecule has 1 amide bonds. The highest BCUT2D eigenvalue weighted by Gasteiger charge is 2.26. The Morgan fingerprint density at radius 1 is 1.60 bits per heavy atom. The number of amides is 1. The standard InChI is InChI=1S/C10H20N2O3/c1-10(2,3)15-9(14)12-7-4-8(6-13)11-5-7/h7-8,11,13H,4-6H2,1-3H3,(H,12,14)/t7-,8-/m0/s1. The second-order valence-electron chi connectivity index (χ2n) is 4.87. The summed E-state index contributed by atoms with van der Waals surface area (Å²) in [6.45, 7) is 6.28. The number of aliphatic hydroxyl groups is 1. The summed E-state index contributed by atoms with van der Waals surface area (Å²) in [5.74, 6) is 0. The molecule has 1 rings (SSSR count). The Morgan fingerprint density at radius 3 is 2.73 bits per heavy atom. The van der Waals surface area contributed by atoms with E-state index in [1.165, 1.54) is 0 Å². The van der Waals surface area contributed by atoms with Crippen molar-refractivity contribution in [3.63, 3.8) is 0 Å². The summed E-state index contributed by atoms with van der Waals surface area (Å²) in [7, 11) is 0. The molecule has 0 aromatic carbocycles. The Bertz CT molecular complexity index is 225. The van der Waals surface area contributed by atoms with Gasteiger partial charge in [0.2, 0.25) is 0 Å². The predicted molar refractivity (Wildman–Crippen MR) is 56.7 cm³/mol. The quantitative estimate of drug-likeness (QED) is 0.618. The average molecular weight is 216 g/mol.